The van der Waals surface area contributed by atoms with Crippen molar-refractivity contribution in [3.8, 4) is 0 Å². The van der Waals surface area contributed by atoms with Gasteiger partial charge < -0.3 is 5.32 Å². The highest BCUT2D eigenvalue weighted by molar-refractivity contribution is 4.81. The van der Waals surface area contributed by atoms with E-state index in [1.807, 2.05) is 0 Å². The minimum Gasteiger partial charge on any atom is -0.314 e. The van der Waals surface area contributed by atoms with Crippen LogP contribution in [-0.2, 0) is 0 Å². The molecule has 1 saturated carbocycles. The molecule has 0 unspecified atom stereocenters. The predicted octanol–water partition coefficient (Wildman–Crippen LogP) is 4.52. The van der Waals surface area contributed by atoms with Crippen LogP contribution in [0, 0.1) is 5.92 Å². The summed E-state index contributed by atoms with van der Waals surface area (Å²) in [5, 5.41) is 3.66. The predicted molar refractivity (Wildman–Crippen MR) is 72.8 cm³/mol. The molecule has 0 spiro atoms. The Morgan fingerprint density at radius 1 is 0.875 bits per heavy atom. The molecule has 1 aliphatic rings. The molecule has 0 saturated heterocycles. The summed E-state index contributed by atoms with van der Waals surface area (Å²) in [4.78, 5) is 0. The molecule has 1 N–H and O–H groups in total. The SMILES string of the molecule is CCCCCCCCCCNC1CC(C)C1. The minimum atomic E-state index is 0.861. The lowest BCUT2D eigenvalue weighted by molar-refractivity contribution is 0.241. The van der Waals surface area contributed by atoms with Crippen LogP contribution in [0.4, 0.5) is 0 Å². The molecule has 16 heavy (non-hydrogen) atoms. The maximum absolute atomic E-state index is 3.66. The van der Waals surface area contributed by atoms with Gasteiger partial charge in [0.25, 0.3) is 0 Å². The Morgan fingerprint density at radius 3 is 2.00 bits per heavy atom. The van der Waals surface area contributed by atoms with Crippen molar-refractivity contribution in [1.29, 1.82) is 0 Å². The minimum absolute atomic E-state index is 0.861. The molecule has 0 amide bonds. The van der Waals surface area contributed by atoms with Crippen molar-refractivity contribution in [2.45, 2.75) is 84.1 Å². The van der Waals surface area contributed by atoms with Gasteiger partial charge in [-0.3, -0.25) is 0 Å². The molecule has 0 aliphatic heterocycles. The fourth-order valence-corrected chi connectivity index (χ4v) is 2.63. The summed E-state index contributed by atoms with van der Waals surface area (Å²) in [6.07, 6.45) is 14.3. The first-order valence-corrected chi connectivity index (χ1v) is 7.56. The Kier molecular flexibility index (Phi) is 7.92. The zero-order valence-corrected chi connectivity index (χ0v) is 11.4. The Balaban J connectivity index is 1.68. The van der Waals surface area contributed by atoms with Crippen molar-refractivity contribution >= 4 is 0 Å². The third-order valence-corrected chi connectivity index (χ3v) is 3.84. The first-order chi connectivity index (χ1) is 7.83. The molecule has 0 aromatic rings. The molecule has 1 nitrogen and oxygen atoms in total. The molecule has 0 aromatic carbocycles. The van der Waals surface area contributed by atoms with Gasteiger partial charge in [-0.15, -0.1) is 0 Å². The van der Waals surface area contributed by atoms with Crippen LogP contribution in [0.1, 0.15) is 78.1 Å². The summed E-state index contributed by atoms with van der Waals surface area (Å²) in [5.74, 6) is 0.982. The number of hydrogen-bond acceptors (Lipinski definition) is 1. The molecule has 0 aromatic heterocycles. The number of unbranched alkanes of at least 4 members (excludes halogenated alkanes) is 7. The first-order valence-electron chi connectivity index (χ1n) is 7.56. The van der Waals surface area contributed by atoms with E-state index in [0.29, 0.717) is 0 Å². The fourth-order valence-electron chi connectivity index (χ4n) is 2.63. The van der Waals surface area contributed by atoms with E-state index in [4.69, 9.17) is 0 Å². The molecular weight excluding hydrogens is 194 g/mol. The smallest absolute Gasteiger partial charge is 0.00721 e. The zero-order chi connectivity index (χ0) is 11.6. The number of nitrogens with one attached hydrogen (secondary N) is 1. The quantitative estimate of drug-likeness (QED) is 0.539. The van der Waals surface area contributed by atoms with Gasteiger partial charge in [0.15, 0.2) is 0 Å². The normalized spacial score (nSPS) is 24.4. The van der Waals surface area contributed by atoms with Crippen LogP contribution in [0.3, 0.4) is 0 Å². The van der Waals surface area contributed by atoms with Crippen LogP contribution in [0.5, 0.6) is 0 Å². The van der Waals surface area contributed by atoms with Crippen LogP contribution in [-0.4, -0.2) is 12.6 Å². The van der Waals surface area contributed by atoms with Crippen LogP contribution < -0.4 is 5.32 Å². The maximum atomic E-state index is 3.66. The first kappa shape index (κ1) is 14.0. The average Bonchev–Trinajstić information content (AvgIpc) is 2.24. The molecule has 1 fully saturated rings. The van der Waals surface area contributed by atoms with E-state index in [-0.39, 0.29) is 0 Å². The second-order valence-corrected chi connectivity index (χ2v) is 5.70. The van der Waals surface area contributed by atoms with E-state index in [1.54, 1.807) is 0 Å². The molecule has 1 rings (SSSR count). The Morgan fingerprint density at radius 2 is 1.44 bits per heavy atom. The third-order valence-electron chi connectivity index (χ3n) is 3.84. The van der Waals surface area contributed by atoms with E-state index >= 15 is 0 Å². The Bertz CT molecular complexity index is 150. The highest BCUT2D eigenvalue weighted by atomic mass is 14.9. The van der Waals surface area contributed by atoms with Gasteiger partial charge in [-0.1, -0.05) is 58.8 Å². The second kappa shape index (κ2) is 9.04. The molecule has 1 heteroatoms. The third kappa shape index (κ3) is 6.52. The molecular formula is C15H31N. The molecule has 96 valence electrons. The highest BCUT2D eigenvalue weighted by Crippen LogP contribution is 2.26. The van der Waals surface area contributed by atoms with Crippen LogP contribution in [0.2, 0.25) is 0 Å². The van der Waals surface area contributed by atoms with E-state index < -0.39 is 0 Å². The van der Waals surface area contributed by atoms with Crippen LogP contribution in [0.15, 0.2) is 0 Å². The summed E-state index contributed by atoms with van der Waals surface area (Å²) in [6.45, 7) is 5.90. The number of hydrogen-bond donors (Lipinski definition) is 1. The largest absolute Gasteiger partial charge is 0.314 e. The summed E-state index contributed by atoms with van der Waals surface area (Å²) in [6, 6.07) is 0.861. The Labute approximate surface area is 102 Å². The molecule has 1 aliphatic carbocycles. The van der Waals surface area contributed by atoms with Crippen LogP contribution >= 0.6 is 0 Å². The van der Waals surface area contributed by atoms with Crippen molar-refractivity contribution in [1.82, 2.24) is 5.32 Å². The lowest BCUT2D eigenvalue weighted by Gasteiger charge is -2.33. The molecule has 0 atom stereocenters. The van der Waals surface area contributed by atoms with Crippen molar-refractivity contribution in [2.24, 2.45) is 5.92 Å². The fraction of sp³-hybridized carbons (Fsp3) is 1.00. The zero-order valence-electron chi connectivity index (χ0n) is 11.4. The van der Waals surface area contributed by atoms with Crippen molar-refractivity contribution in [3.05, 3.63) is 0 Å². The van der Waals surface area contributed by atoms with E-state index in [2.05, 4.69) is 19.2 Å². The maximum Gasteiger partial charge on any atom is 0.00721 e. The van der Waals surface area contributed by atoms with Gasteiger partial charge in [0.1, 0.15) is 0 Å². The van der Waals surface area contributed by atoms with Gasteiger partial charge in [0.2, 0.25) is 0 Å². The van der Waals surface area contributed by atoms with E-state index in [1.165, 1.54) is 70.8 Å². The molecule has 0 radical (unpaired) electrons. The van der Waals surface area contributed by atoms with Gasteiger partial charge in [-0.2, -0.15) is 0 Å². The van der Waals surface area contributed by atoms with Crippen molar-refractivity contribution < 1.29 is 0 Å². The summed E-state index contributed by atoms with van der Waals surface area (Å²) in [7, 11) is 0. The van der Waals surface area contributed by atoms with E-state index in [0.717, 1.165) is 12.0 Å². The molecule has 0 bridgehead atoms. The van der Waals surface area contributed by atoms with Crippen molar-refractivity contribution in [2.75, 3.05) is 6.54 Å². The monoisotopic (exact) mass is 225 g/mol. The van der Waals surface area contributed by atoms with Gasteiger partial charge >= 0.3 is 0 Å². The summed E-state index contributed by atoms with van der Waals surface area (Å²) in [5.41, 5.74) is 0. The average molecular weight is 225 g/mol. The standard InChI is InChI=1S/C15H31N/c1-3-4-5-6-7-8-9-10-11-16-15-12-14(2)13-15/h14-16H,3-13H2,1-2H3. The lowest BCUT2D eigenvalue weighted by Crippen LogP contribution is -2.40. The van der Waals surface area contributed by atoms with E-state index in [9.17, 15) is 0 Å². The highest BCUT2D eigenvalue weighted by Gasteiger charge is 2.23. The Hall–Kier alpha value is -0.0400. The summed E-state index contributed by atoms with van der Waals surface area (Å²) >= 11 is 0. The van der Waals surface area contributed by atoms with Crippen LogP contribution in [0.25, 0.3) is 0 Å². The number of rotatable bonds is 10. The van der Waals surface area contributed by atoms with Gasteiger partial charge in [0.05, 0.1) is 0 Å². The van der Waals surface area contributed by atoms with Crippen molar-refractivity contribution in [3.63, 3.8) is 0 Å². The molecule has 0 heterocycles. The lowest BCUT2D eigenvalue weighted by atomic mass is 9.82. The van der Waals surface area contributed by atoms with Gasteiger partial charge in [0, 0.05) is 6.04 Å². The second-order valence-electron chi connectivity index (χ2n) is 5.70. The van der Waals surface area contributed by atoms with Gasteiger partial charge in [-0.25, -0.2) is 0 Å². The topological polar surface area (TPSA) is 12.0 Å². The van der Waals surface area contributed by atoms with Gasteiger partial charge in [-0.05, 0) is 31.7 Å². The summed E-state index contributed by atoms with van der Waals surface area (Å²) < 4.78 is 0.